The second-order valence-corrected chi connectivity index (χ2v) is 9.31. The van der Waals surface area contributed by atoms with Crippen LogP contribution in [0.25, 0.3) is 21.0 Å². The van der Waals surface area contributed by atoms with Gasteiger partial charge in [0.05, 0.1) is 14.4 Å². The van der Waals surface area contributed by atoms with Crippen molar-refractivity contribution in [2.75, 3.05) is 5.75 Å². The SMILES string of the molecule is CCCSc1scc2c(C(N)=O)cc3sc(C4C=CC=CC4)nc3c12. The van der Waals surface area contributed by atoms with E-state index in [0.29, 0.717) is 11.5 Å². The molecule has 0 radical (unpaired) electrons. The third kappa shape index (κ3) is 3.03. The molecule has 1 unspecified atom stereocenters. The van der Waals surface area contributed by atoms with Gasteiger partial charge >= 0.3 is 0 Å². The lowest BCUT2D eigenvalue weighted by molar-refractivity contribution is 0.100. The zero-order valence-corrected chi connectivity index (χ0v) is 16.3. The molecule has 1 aliphatic rings. The summed E-state index contributed by atoms with van der Waals surface area (Å²) in [6.45, 7) is 2.18. The number of nitrogens with zero attached hydrogens (tertiary/aromatic N) is 1. The normalized spacial score (nSPS) is 16.9. The molecule has 2 heterocycles. The van der Waals surface area contributed by atoms with E-state index in [1.165, 1.54) is 4.21 Å². The quantitative estimate of drug-likeness (QED) is 0.571. The molecule has 1 amide bonds. The van der Waals surface area contributed by atoms with Crippen molar-refractivity contribution in [1.29, 1.82) is 0 Å². The third-order valence-electron chi connectivity index (χ3n) is 4.23. The summed E-state index contributed by atoms with van der Waals surface area (Å²) in [5, 5.41) is 5.21. The number of thiazole rings is 1. The van der Waals surface area contributed by atoms with Crippen molar-refractivity contribution in [3.8, 4) is 0 Å². The lowest BCUT2D eigenvalue weighted by Crippen LogP contribution is -2.11. The molecule has 2 N–H and O–H groups in total. The summed E-state index contributed by atoms with van der Waals surface area (Å²) in [7, 11) is 0. The van der Waals surface area contributed by atoms with Crippen molar-refractivity contribution in [3.63, 3.8) is 0 Å². The number of rotatable bonds is 5. The summed E-state index contributed by atoms with van der Waals surface area (Å²) in [5.41, 5.74) is 7.28. The number of nitrogens with two attached hydrogens (primary N) is 1. The average Bonchev–Trinajstić information content (AvgIpc) is 3.23. The van der Waals surface area contributed by atoms with Gasteiger partial charge in [-0.05, 0) is 24.7 Å². The molecule has 0 bridgehead atoms. The van der Waals surface area contributed by atoms with Crippen LogP contribution in [0.4, 0.5) is 0 Å². The number of thioether (sulfide) groups is 1. The largest absolute Gasteiger partial charge is 0.366 e. The number of hydrogen-bond donors (Lipinski definition) is 1. The number of primary amides is 1. The highest BCUT2D eigenvalue weighted by Gasteiger charge is 2.21. The highest BCUT2D eigenvalue weighted by atomic mass is 32.2. The van der Waals surface area contributed by atoms with Crippen molar-refractivity contribution in [2.45, 2.75) is 29.9 Å². The van der Waals surface area contributed by atoms with Crippen LogP contribution in [0.2, 0.25) is 0 Å². The van der Waals surface area contributed by atoms with Crippen LogP contribution >= 0.6 is 34.4 Å². The maximum atomic E-state index is 12.0. The molecule has 0 saturated heterocycles. The third-order valence-corrected chi connectivity index (χ3v) is 7.86. The molecule has 3 aromatic rings. The van der Waals surface area contributed by atoms with Crippen LogP contribution in [0.5, 0.6) is 0 Å². The van der Waals surface area contributed by atoms with Crippen LogP contribution < -0.4 is 5.73 Å². The predicted octanol–water partition coefficient (Wildman–Crippen LogP) is 5.71. The maximum absolute atomic E-state index is 12.0. The molecule has 6 heteroatoms. The van der Waals surface area contributed by atoms with E-state index in [9.17, 15) is 4.79 Å². The Morgan fingerprint density at radius 3 is 3.04 bits per heavy atom. The van der Waals surface area contributed by atoms with Gasteiger partial charge in [0.25, 0.3) is 0 Å². The minimum Gasteiger partial charge on any atom is -0.366 e. The van der Waals surface area contributed by atoms with Gasteiger partial charge in [0.2, 0.25) is 5.91 Å². The van der Waals surface area contributed by atoms with Gasteiger partial charge in [-0.3, -0.25) is 4.79 Å². The summed E-state index contributed by atoms with van der Waals surface area (Å²) in [5.74, 6) is 1.01. The van der Waals surface area contributed by atoms with Crippen LogP contribution in [-0.2, 0) is 0 Å². The van der Waals surface area contributed by atoms with Gasteiger partial charge in [0.1, 0.15) is 5.01 Å². The molecular formula is C19H18N2OS3. The van der Waals surface area contributed by atoms with E-state index in [1.54, 1.807) is 22.7 Å². The zero-order valence-electron chi connectivity index (χ0n) is 13.8. The van der Waals surface area contributed by atoms with Gasteiger partial charge < -0.3 is 5.73 Å². The Morgan fingerprint density at radius 1 is 1.44 bits per heavy atom. The summed E-state index contributed by atoms with van der Waals surface area (Å²) in [4.78, 5) is 17.0. The maximum Gasteiger partial charge on any atom is 0.249 e. The molecule has 0 fully saturated rings. The summed E-state index contributed by atoms with van der Waals surface area (Å²) >= 11 is 5.21. The molecular weight excluding hydrogens is 368 g/mol. The highest BCUT2D eigenvalue weighted by Crippen LogP contribution is 2.43. The molecule has 0 aliphatic heterocycles. The Balaban J connectivity index is 1.94. The highest BCUT2D eigenvalue weighted by molar-refractivity contribution is 8.01. The van der Waals surface area contributed by atoms with E-state index in [1.807, 2.05) is 17.8 Å². The molecule has 1 atom stereocenters. The number of fused-ring (bicyclic) bond motifs is 3. The van der Waals surface area contributed by atoms with E-state index < -0.39 is 0 Å². The van der Waals surface area contributed by atoms with Gasteiger partial charge in [-0.1, -0.05) is 31.2 Å². The van der Waals surface area contributed by atoms with Gasteiger partial charge in [-0.15, -0.1) is 34.4 Å². The van der Waals surface area contributed by atoms with Crippen LogP contribution in [-0.4, -0.2) is 16.6 Å². The predicted molar refractivity (Wildman–Crippen MR) is 110 cm³/mol. The first-order valence-corrected chi connectivity index (χ1v) is 11.0. The molecule has 2 aromatic heterocycles. The molecule has 1 aromatic carbocycles. The number of aromatic nitrogens is 1. The molecule has 1 aliphatic carbocycles. The summed E-state index contributed by atoms with van der Waals surface area (Å²) in [6.07, 6.45) is 10.6. The first kappa shape index (κ1) is 16.8. The molecule has 0 spiro atoms. The molecule has 128 valence electrons. The van der Waals surface area contributed by atoms with Crippen LogP contribution in [0, 0.1) is 0 Å². The minimum atomic E-state index is -0.368. The molecule has 25 heavy (non-hydrogen) atoms. The Hall–Kier alpha value is -1.63. The second kappa shape index (κ2) is 6.94. The van der Waals surface area contributed by atoms with Gasteiger partial charge in [-0.2, -0.15) is 0 Å². The van der Waals surface area contributed by atoms with Crippen LogP contribution in [0.3, 0.4) is 0 Å². The fourth-order valence-corrected chi connectivity index (χ4v) is 6.34. The standard InChI is InChI=1S/C19H18N2OS3/c1-2-8-23-19-15-13(10-24-19)12(17(20)22)9-14-16(15)21-18(25-14)11-6-4-3-5-7-11/h3-6,9-11H,2,7-8H2,1H3,(H2,20,22). The monoisotopic (exact) mass is 386 g/mol. The topological polar surface area (TPSA) is 56.0 Å². The smallest absolute Gasteiger partial charge is 0.249 e. The van der Waals surface area contributed by atoms with Crippen LogP contribution in [0.15, 0.2) is 40.0 Å². The van der Waals surface area contributed by atoms with Gasteiger partial charge in [0, 0.05) is 27.6 Å². The van der Waals surface area contributed by atoms with Crippen molar-refractivity contribution >= 4 is 61.3 Å². The fourth-order valence-electron chi connectivity index (χ4n) is 3.02. The van der Waals surface area contributed by atoms with Crippen molar-refractivity contribution in [1.82, 2.24) is 4.98 Å². The van der Waals surface area contributed by atoms with Gasteiger partial charge in [0.15, 0.2) is 0 Å². The number of thiophene rings is 1. The summed E-state index contributed by atoms with van der Waals surface area (Å²) in [6, 6.07) is 1.92. The van der Waals surface area contributed by atoms with Crippen molar-refractivity contribution in [3.05, 3.63) is 46.3 Å². The van der Waals surface area contributed by atoms with E-state index in [4.69, 9.17) is 10.7 Å². The van der Waals surface area contributed by atoms with E-state index >= 15 is 0 Å². The average molecular weight is 387 g/mol. The summed E-state index contributed by atoms with van der Waals surface area (Å²) < 4.78 is 2.29. The number of allylic oxidation sites excluding steroid dienone is 4. The Morgan fingerprint density at radius 2 is 2.32 bits per heavy atom. The number of carbonyl (C=O) groups is 1. The minimum absolute atomic E-state index is 0.319. The Labute approximate surface area is 158 Å². The second-order valence-electron chi connectivity index (χ2n) is 6.00. The number of benzene rings is 1. The van der Waals surface area contributed by atoms with Crippen LogP contribution in [0.1, 0.15) is 41.0 Å². The first-order valence-electron chi connectivity index (χ1n) is 8.29. The molecule has 3 nitrogen and oxygen atoms in total. The van der Waals surface area contributed by atoms with E-state index in [0.717, 1.165) is 44.6 Å². The Kier molecular flexibility index (Phi) is 4.67. The Bertz CT molecular complexity index is 1010. The van der Waals surface area contributed by atoms with Crippen molar-refractivity contribution in [2.24, 2.45) is 5.73 Å². The zero-order chi connectivity index (χ0) is 17.4. The lowest BCUT2D eigenvalue weighted by Gasteiger charge is -2.08. The lowest BCUT2D eigenvalue weighted by atomic mass is 10.0. The number of amides is 1. The number of hydrogen-bond acceptors (Lipinski definition) is 5. The van der Waals surface area contributed by atoms with Crippen molar-refractivity contribution < 1.29 is 4.79 Å². The van der Waals surface area contributed by atoms with E-state index in [-0.39, 0.29) is 5.91 Å². The first-order chi connectivity index (χ1) is 12.2. The fraction of sp³-hybridized carbons (Fsp3) is 0.263. The number of carbonyl (C=O) groups excluding carboxylic acids is 1. The van der Waals surface area contributed by atoms with Gasteiger partial charge in [-0.25, -0.2) is 4.98 Å². The van der Waals surface area contributed by atoms with E-state index in [2.05, 4.69) is 36.6 Å². The molecule has 4 rings (SSSR count). The molecule has 0 saturated carbocycles.